The molecule has 1 saturated heterocycles. The van der Waals surface area contributed by atoms with Gasteiger partial charge in [0.1, 0.15) is 11.3 Å². The third-order valence-corrected chi connectivity index (χ3v) is 5.20. The number of hydrogen-bond donors (Lipinski definition) is 1. The largest absolute Gasteiger partial charge is 0.493 e. The van der Waals surface area contributed by atoms with Crippen LogP contribution in [0.15, 0.2) is 48.0 Å². The zero-order valence-corrected chi connectivity index (χ0v) is 16.0. The van der Waals surface area contributed by atoms with E-state index in [9.17, 15) is 9.59 Å². The lowest BCUT2D eigenvalue weighted by molar-refractivity contribution is -0.117. The molecule has 2 aromatic carbocycles. The molecule has 2 aromatic rings. The molecule has 0 atom stereocenters. The lowest BCUT2D eigenvalue weighted by Gasteiger charge is -2.22. The molecule has 5 heteroatoms. The van der Waals surface area contributed by atoms with Crippen molar-refractivity contribution in [1.29, 1.82) is 0 Å². The number of benzene rings is 2. The number of hydrogen-bond acceptors (Lipinski definition) is 3. The molecule has 0 aromatic heterocycles. The van der Waals surface area contributed by atoms with Crippen LogP contribution in [-0.2, 0) is 22.4 Å². The van der Waals surface area contributed by atoms with E-state index in [2.05, 4.69) is 12.3 Å². The first-order valence-electron chi connectivity index (χ1n) is 9.88. The Kier molecular flexibility index (Phi) is 5.15. The summed E-state index contributed by atoms with van der Waals surface area (Å²) < 4.78 is 5.92. The highest BCUT2D eigenvalue weighted by Gasteiger charge is 2.34. The van der Waals surface area contributed by atoms with Crippen LogP contribution in [0.25, 0.3) is 6.08 Å². The van der Waals surface area contributed by atoms with Crippen LogP contribution in [0.3, 0.4) is 0 Å². The van der Waals surface area contributed by atoms with Crippen LogP contribution in [0.5, 0.6) is 5.75 Å². The van der Waals surface area contributed by atoms with Gasteiger partial charge in [0.05, 0.1) is 12.3 Å². The van der Waals surface area contributed by atoms with Crippen molar-refractivity contribution in [1.82, 2.24) is 5.43 Å². The number of para-hydroxylation sites is 1. The second kappa shape index (κ2) is 7.89. The van der Waals surface area contributed by atoms with Gasteiger partial charge in [0.15, 0.2) is 0 Å². The van der Waals surface area contributed by atoms with Crippen LogP contribution in [0.1, 0.15) is 42.9 Å². The van der Waals surface area contributed by atoms with E-state index in [1.54, 1.807) is 18.2 Å². The number of anilines is 1. The van der Waals surface area contributed by atoms with Gasteiger partial charge in [0.25, 0.3) is 11.8 Å². The van der Waals surface area contributed by atoms with Crippen molar-refractivity contribution in [3.63, 3.8) is 0 Å². The Hall–Kier alpha value is -3.08. The first kappa shape index (κ1) is 18.3. The second-order valence-corrected chi connectivity index (χ2v) is 7.14. The number of nitrogens with one attached hydrogen (secondary N) is 1. The molecule has 2 amide bonds. The van der Waals surface area contributed by atoms with Crippen LogP contribution in [0.2, 0.25) is 0 Å². The Balaban J connectivity index is 1.69. The maximum atomic E-state index is 12.8. The zero-order chi connectivity index (χ0) is 19.5. The fourth-order valence-electron chi connectivity index (χ4n) is 3.82. The lowest BCUT2D eigenvalue weighted by atomic mass is 9.87. The summed E-state index contributed by atoms with van der Waals surface area (Å²) in [5.74, 6) is 0.239. The van der Waals surface area contributed by atoms with E-state index < -0.39 is 0 Å². The van der Waals surface area contributed by atoms with Crippen LogP contribution in [0, 0.1) is 0 Å². The van der Waals surface area contributed by atoms with Gasteiger partial charge < -0.3 is 4.74 Å². The summed E-state index contributed by atoms with van der Waals surface area (Å²) >= 11 is 0. The molecule has 1 N–H and O–H groups in total. The van der Waals surface area contributed by atoms with Gasteiger partial charge >= 0.3 is 0 Å². The quantitative estimate of drug-likeness (QED) is 0.638. The standard InChI is InChI=1S/C23H24N2O3/c1-2-14-28-21-13-12-16(18-10-6-7-11-19(18)21)15-20-22(26)24-25(23(20)27)17-8-4-3-5-9-17/h3-5,8-9,12-13,15H,2,6-7,10-11,14H2,1H3,(H,24,26). The monoisotopic (exact) mass is 376 g/mol. The van der Waals surface area contributed by atoms with Gasteiger partial charge in [0.2, 0.25) is 0 Å². The summed E-state index contributed by atoms with van der Waals surface area (Å²) in [4.78, 5) is 25.3. The minimum absolute atomic E-state index is 0.166. The van der Waals surface area contributed by atoms with Crippen molar-refractivity contribution >= 4 is 23.6 Å². The Morgan fingerprint density at radius 1 is 1.04 bits per heavy atom. The average molecular weight is 376 g/mol. The summed E-state index contributed by atoms with van der Waals surface area (Å²) in [5.41, 5.74) is 6.83. The molecular weight excluding hydrogens is 352 g/mol. The SMILES string of the molecule is CCCOc1ccc(C=C2C(=O)NN(c3ccccc3)C2=O)c2c1CCCC2. The molecule has 0 unspecified atom stereocenters. The zero-order valence-electron chi connectivity index (χ0n) is 16.0. The number of carbonyl (C=O) groups is 2. The van der Waals surface area contributed by atoms with E-state index in [0.29, 0.717) is 12.3 Å². The number of fused-ring (bicyclic) bond motifs is 1. The van der Waals surface area contributed by atoms with Gasteiger partial charge in [-0.3, -0.25) is 15.0 Å². The molecule has 1 aliphatic carbocycles. The van der Waals surface area contributed by atoms with Crippen molar-refractivity contribution in [2.24, 2.45) is 0 Å². The smallest absolute Gasteiger partial charge is 0.282 e. The summed E-state index contributed by atoms with van der Waals surface area (Å²) in [6, 6.07) is 13.1. The molecule has 1 aliphatic heterocycles. The van der Waals surface area contributed by atoms with Gasteiger partial charge in [0, 0.05) is 0 Å². The third-order valence-electron chi connectivity index (χ3n) is 5.20. The molecule has 4 rings (SSSR count). The minimum atomic E-state index is -0.371. The van der Waals surface area contributed by atoms with Crippen molar-refractivity contribution in [2.45, 2.75) is 39.0 Å². The topological polar surface area (TPSA) is 58.6 Å². The highest BCUT2D eigenvalue weighted by Crippen LogP contribution is 2.34. The summed E-state index contributed by atoms with van der Waals surface area (Å²) in [6.45, 7) is 2.79. The van der Waals surface area contributed by atoms with E-state index in [1.807, 2.05) is 30.3 Å². The number of rotatable bonds is 5. The number of amides is 2. The number of hydrazine groups is 1. The molecule has 0 bridgehead atoms. The Morgan fingerprint density at radius 2 is 1.79 bits per heavy atom. The highest BCUT2D eigenvalue weighted by atomic mass is 16.5. The van der Waals surface area contributed by atoms with E-state index in [0.717, 1.165) is 43.4 Å². The number of carbonyl (C=O) groups excluding carboxylic acids is 2. The Labute approximate surface area is 165 Å². The van der Waals surface area contributed by atoms with E-state index in [-0.39, 0.29) is 17.4 Å². The first-order chi connectivity index (χ1) is 13.7. The van der Waals surface area contributed by atoms with E-state index in [1.165, 1.54) is 16.1 Å². The van der Waals surface area contributed by atoms with E-state index in [4.69, 9.17) is 4.74 Å². The third kappa shape index (κ3) is 3.40. The van der Waals surface area contributed by atoms with Crippen LogP contribution in [-0.4, -0.2) is 18.4 Å². The van der Waals surface area contributed by atoms with Crippen LogP contribution >= 0.6 is 0 Å². The highest BCUT2D eigenvalue weighted by molar-refractivity contribution is 6.31. The fourth-order valence-corrected chi connectivity index (χ4v) is 3.82. The summed E-state index contributed by atoms with van der Waals surface area (Å²) in [6.07, 6.45) is 6.85. The summed E-state index contributed by atoms with van der Waals surface area (Å²) in [5, 5.41) is 1.30. The second-order valence-electron chi connectivity index (χ2n) is 7.14. The molecule has 1 heterocycles. The van der Waals surface area contributed by atoms with Crippen molar-refractivity contribution < 1.29 is 14.3 Å². The molecule has 0 radical (unpaired) electrons. The van der Waals surface area contributed by atoms with Crippen molar-refractivity contribution in [3.05, 3.63) is 64.7 Å². The minimum Gasteiger partial charge on any atom is -0.493 e. The van der Waals surface area contributed by atoms with Crippen molar-refractivity contribution in [3.8, 4) is 5.75 Å². The Bertz CT molecular complexity index is 934. The van der Waals surface area contributed by atoms with Crippen molar-refractivity contribution in [2.75, 3.05) is 11.6 Å². The average Bonchev–Trinajstić information content (AvgIpc) is 3.02. The van der Waals surface area contributed by atoms with Gasteiger partial charge in [-0.05, 0) is 73.1 Å². The van der Waals surface area contributed by atoms with E-state index >= 15 is 0 Å². The molecule has 5 nitrogen and oxygen atoms in total. The maximum Gasteiger partial charge on any atom is 0.282 e. The van der Waals surface area contributed by atoms with Gasteiger partial charge in [-0.25, -0.2) is 5.01 Å². The molecule has 1 fully saturated rings. The molecule has 0 spiro atoms. The molecule has 144 valence electrons. The van der Waals surface area contributed by atoms with Gasteiger partial charge in [-0.15, -0.1) is 0 Å². The number of ether oxygens (including phenoxy) is 1. The van der Waals surface area contributed by atoms with Gasteiger partial charge in [-0.2, -0.15) is 0 Å². The molecule has 0 saturated carbocycles. The normalized spacial score (nSPS) is 17.6. The Morgan fingerprint density at radius 3 is 2.54 bits per heavy atom. The molecular formula is C23H24N2O3. The molecule has 28 heavy (non-hydrogen) atoms. The number of nitrogens with zero attached hydrogens (tertiary/aromatic N) is 1. The van der Waals surface area contributed by atoms with Crippen LogP contribution < -0.4 is 15.2 Å². The maximum absolute atomic E-state index is 12.8. The predicted molar refractivity (Wildman–Crippen MR) is 109 cm³/mol. The predicted octanol–water partition coefficient (Wildman–Crippen LogP) is 3.82. The fraction of sp³-hybridized carbons (Fsp3) is 0.304. The van der Waals surface area contributed by atoms with Crippen LogP contribution in [0.4, 0.5) is 5.69 Å². The molecule has 2 aliphatic rings. The van der Waals surface area contributed by atoms with Gasteiger partial charge in [-0.1, -0.05) is 31.2 Å². The lowest BCUT2D eigenvalue weighted by Crippen LogP contribution is -2.35. The summed E-state index contributed by atoms with van der Waals surface area (Å²) in [7, 11) is 0. The first-order valence-corrected chi connectivity index (χ1v) is 9.88.